The zero-order valence-electron chi connectivity index (χ0n) is 7.94. The van der Waals surface area contributed by atoms with Gasteiger partial charge in [-0.05, 0) is 25.1 Å². The van der Waals surface area contributed by atoms with Gasteiger partial charge in [0.15, 0.2) is 12.4 Å². The molecule has 0 spiro atoms. The van der Waals surface area contributed by atoms with Crippen molar-refractivity contribution < 1.29 is 19.4 Å². The van der Waals surface area contributed by atoms with Crippen LogP contribution in [0.25, 0.3) is 0 Å². The molecule has 1 unspecified atom stereocenters. The lowest BCUT2D eigenvalue weighted by atomic mass is 10.2. The van der Waals surface area contributed by atoms with E-state index >= 15 is 0 Å². The van der Waals surface area contributed by atoms with Crippen LogP contribution in [0.2, 0.25) is 5.02 Å². The Morgan fingerprint density at radius 2 is 2.27 bits per heavy atom. The number of benzene rings is 1. The topological polar surface area (TPSA) is 63.6 Å². The number of aliphatic carboxylic acids is 1. The molecule has 1 rings (SSSR count). The number of carbonyl (C=O) groups is 2. The Morgan fingerprint density at radius 1 is 1.60 bits per heavy atom. The van der Waals surface area contributed by atoms with Crippen molar-refractivity contribution in [3.8, 4) is 5.75 Å². The highest BCUT2D eigenvalue weighted by Crippen LogP contribution is 2.22. The summed E-state index contributed by atoms with van der Waals surface area (Å²) in [6, 6.07) is 4.41. The Balaban J connectivity index is 2.94. The molecule has 0 aliphatic carbocycles. The van der Waals surface area contributed by atoms with Gasteiger partial charge in [0, 0.05) is 5.02 Å². The van der Waals surface area contributed by atoms with Crippen LogP contribution in [0.15, 0.2) is 18.2 Å². The summed E-state index contributed by atoms with van der Waals surface area (Å²) < 4.78 is 5.06. The Kier molecular flexibility index (Phi) is 3.68. The van der Waals surface area contributed by atoms with Crippen LogP contribution in [-0.2, 0) is 4.79 Å². The molecule has 15 heavy (non-hydrogen) atoms. The highest BCUT2D eigenvalue weighted by molar-refractivity contribution is 6.30. The molecule has 1 aromatic rings. The van der Waals surface area contributed by atoms with Gasteiger partial charge in [0.05, 0.1) is 5.56 Å². The molecule has 0 aromatic heterocycles. The minimum atomic E-state index is -1.10. The average Bonchev–Trinajstić information content (AvgIpc) is 2.20. The number of halogens is 1. The minimum absolute atomic E-state index is 0.212. The lowest BCUT2D eigenvalue weighted by molar-refractivity contribution is -0.144. The molecule has 0 amide bonds. The van der Waals surface area contributed by atoms with Crippen molar-refractivity contribution in [2.24, 2.45) is 0 Å². The molecular weight excluding hydrogens is 220 g/mol. The predicted octanol–water partition coefficient (Wildman–Crippen LogP) is 2.00. The Morgan fingerprint density at radius 3 is 2.80 bits per heavy atom. The van der Waals surface area contributed by atoms with E-state index in [9.17, 15) is 9.59 Å². The first-order valence-corrected chi connectivity index (χ1v) is 4.56. The number of carboxylic acid groups (broad SMARTS) is 1. The quantitative estimate of drug-likeness (QED) is 0.801. The van der Waals surface area contributed by atoms with Gasteiger partial charge in [-0.25, -0.2) is 4.79 Å². The highest BCUT2D eigenvalue weighted by Gasteiger charge is 2.14. The fourth-order valence-electron chi connectivity index (χ4n) is 0.960. The van der Waals surface area contributed by atoms with Crippen LogP contribution < -0.4 is 4.74 Å². The molecule has 0 aliphatic heterocycles. The highest BCUT2D eigenvalue weighted by atomic mass is 35.5. The number of aldehydes is 1. The normalized spacial score (nSPS) is 11.9. The van der Waals surface area contributed by atoms with Gasteiger partial charge in [-0.3, -0.25) is 4.79 Å². The summed E-state index contributed by atoms with van der Waals surface area (Å²) in [4.78, 5) is 21.2. The van der Waals surface area contributed by atoms with Crippen molar-refractivity contribution in [3.05, 3.63) is 28.8 Å². The summed E-state index contributed by atoms with van der Waals surface area (Å²) in [6.45, 7) is 1.38. The van der Waals surface area contributed by atoms with Crippen molar-refractivity contribution in [3.63, 3.8) is 0 Å². The summed E-state index contributed by atoms with van der Waals surface area (Å²) in [5.41, 5.74) is 0.232. The van der Waals surface area contributed by atoms with Gasteiger partial charge in [0.1, 0.15) is 5.75 Å². The molecule has 0 radical (unpaired) electrons. The maximum absolute atomic E-state index is 10.6. The molecule has 1 N–H and O–H groups in total. The maximum atomic E-state index is 10.6. The molecule has 0 aliphatic rings. The summed E-state index contributed by atoms with van der Waals surface area (Å²) >= 11 is 5.66. The van der Waals surface area contributed by atoms with Gasteiger partial charge < -0.3 is 9.84 Å². The predicted molar refractivity (Wildman–Crippen MR) is 54.6 cm³/mol. The molecule has 0 saturated heterocycles. The van der Waals surface area contributed by atoms with E-state index in [2.05, 4.69) is 0 Å². The van der Waals surface area contributed by atoms with Crippen molar-refractivity contribution >= 4 is 23.9 Å². The smallest absolute Gasteiger partial charge is 0.344 e. The lowest BCUT2D eigenvalue weighted by Crippen LogP contribution is -2.23. The average molecular weight is 229 g/mol. The molecule has 0 heterocycles. The van der Waals surface area contributed by atoms with Gasteiger partial charge in [-0.1, -0.05) is 11.6 Å². The van der Waals surface area contributed by atoms with Gasteiger partial charge in [-0.15, -0.1) is 0 Å². The van der Waals surface area contributed by atoms with Gasteiger partial charge in [-0.2, -0.15) is 0 Å². The minimum Gasteiger partial charge on any atom is -0.479 e. The van der Waals surface area contributed by atoms with Crippen molar-refractivity contribution in [2.45, 2.75) is 13.0 Å². The second-order valence-corrected chi connectivity index (χ2v) is 3.33. The van der Waals surface area contributed by atoms with Crippen LogP contribution in [0.1, 0.15) is 17.3 Å². The van der Waals surface area contributed by atoms with E-state index in [4.69, 9.17) is 21.4 Å². The number of carbonyl (C=O) groups excluding carboxylic acids is 1. The first kappa shape index (κ1) is 11.5. The number of hydrogen-bond donors (Lipinski definition) is 1. The molecule has 1 atom stereocenters. The summed E-state index contributed by atoms with van der Waals surface area (Å²) in [5.74, 6) is -0.883. The molecule has 80 valence electrons. The fourth-order valence-corrected chi connectivity index (χ4v) is 1.14. The molecule has 0 saturated carbocycles. The molecule has 4 nitrogen and oxygen atoms in total. The van der Waals surface area contributed by atoms with E-state index in [0.29, 0.717) is 11.3 Å². The van der Waals surface area contributed by atoms with Crippen LogP contribution in [0.5, 0.6) is 5.75 Å². The van der Waals surface area contributed by atoms with Crippen molar-refractivity contribution in [1.82, 2.24) is 0 Å². The van der Waals surface area contributed by atoms with Crippen LogP contribution >= 0.6 is 11.6 Å². The second-order valence-electron chi connectivity index (χ2n) is 2.90. The Hall–Kier alpha value is -1.55. The van der Waals surface area contributed by atoms with Crippen LogP contribution in [-0.4, -0.2) is 23.5 Å². The standard InChI is InChI=1S/C10H9ClO4/c1-6(10(13)14)15-9-3-2-8(11)4-7(9)5-12/h2-6H,1H3,(H,13,14). The van der Waals surface area contributed by atoms with Crippen LogP contribution in [0.4, 0.5) is 0 Å². The molecule has 0 fully saturated rings. The second kappa shape index (κ2) is 4.79. The molecule has 0 bridgehead atoms. The van der Waals surface area contributed by atoms with Gasteiger partial charge in [0.25, 0.3) is 0 Å². The zero-order valence-corrected chi connectivity index (χ0v) is 8.69. The lowest BCUT2D eigenvalue weighted by Gasteiger charge is -2.11. The molecular formula is C10H9ClO4. The Labute approximate surface area is 91.4 Å². The van der Waals surface area contributed by atoms with E-state index in [0.717, 1.165) is 0 Å². The summed E-state index contributed by atoms with van der Waals surface area (Å²) in [7, 11) is 0. The van der Waals surface area contributed by atoms with Crippen molar-refractivity contribution in [1.29, 1.82) is 0 Å². The zero-order chi connectivity index (χ0) is 11.4. The van der Waals surface area contributed by atoms with E-state index in [-0.39, 0.29) is 11.3 Å². The number of ether oxygens (including phenoxy) is 1. The van der Waals surface area contributed by atoms with Crippen LogP contribution in [0, 0.1) is 0 Å². The van der Waals surface area contributed by atoms with E-state index in [1.165, 1.54) is 25.1 Å². The largest absolute Gasteiger partial charge is 0.479 e. The van der Waals surface area contributed by atoms with Crippen LogP contribution in [0.3, 0.4) is 0 Å². The number of hydrogen-bond acceptors (Lipinski definition) is 3. The third-order valence-electron chi connectivity index (χ3n) is 1.75. The maximum Gasteiger partial charge on any atom is 0.344 e. The van der Waals surface area contributed by atoms with Gasteiger partial charge in [0.2, 0.25) is 0 Å². The third kappa shape index (κ3) is 2.95. The fraction of sp³-hybridized carbons (Fsp3) is 0.200. The van der Waals surface area contributed by atoms with E-state index < -0.39 is 12.1 Å². The molecule has 1 aromatic carbocycles. The van der Waals surface area contributed by atoms with Gasteiger partial charge >= 0.3 is 5.97 Å². The first-order valence-electron chi connectivity index (χ1n) is 4.18. The number of rotatable bonds is 4. The monoisotopic (exact) mass is 228 g/mol. The van der Waals surface area contributed by atoms with E-state index in [1.54, 1.807) is 0 Å². The third-order valence-corrected chi connectivity index (χ3v) is 1.99. The Bertz CT molecular complexity index is 389. The summed E-state index contributed by atoms with van der Waals surface area (Å²) in [5, 5.41) is 9.02. The first-order chi connectivity index (χ1) is 7.04. The van der Waals surface area contributed by atoms with Crippen molar-refractivity contribution in [2.75, 3.05) is 0 Å². The SMILES string of the molecule is CC(Oc1ccc(Cl)cc1C=O)C(=O)O. The molecule has 5 heteroatoms. The van der Waals surface area contributed by atoms with E-state index in [1.807, 2.05) is 0 Å². The summed E-state index contributed by atoms with van der Waals surface area (Å²) in [6.07, 6.45) is -0.444. The number of carboxylic acids is 1.